The van der Waals surface area contributed by atoms with Gasteiger partial charge in [0.1, 0.15) is 0 Å². The minimum atomic E-state index is -0.596. The zero-order chi connectivity index (χ0) is 20.0. The minimum absolute atomic E-state index is 0.0839. The van der Waals surface area contributed by atoms with Crippen molar-refractivity contribution in [2.45, 2.75) is 20.3 Å². The molecule has 0 saturated carbocycles. The number of allylic oxidation sites excluding steroid dienone is 1. The third kappa shape index (κ3) is 4.31. The van der Waals surface area contributed by atoms with Crippen LogP contribution in [0.5, 0.6) is 11.5 Å². The molecule has 0 aromatic heterocycles. The molecule has 2 rings (SSSR count). The number of benzene rings is 1. The van der Waals surface area contributed by atoms with Crippen molar-refractivity contribution in [3.8, 4) is 11.5 Å². The number of phenols is 1. The summed E-state index contributed by atoms with van der Waals surface area (Å²) >= 11 is 0. The number of amides is 1. The molecule has 1 heterocycles. The molecule has 0 atom stereocenters. The molecule has 27 heavy (non-hydrogen) atoms. The van der Waals surface area contributed by atoms with E-state index in [9.17, 15) is 14.7 Å². The van der Waals surface area contributed by atoms with Crippen molar-refractivity contribution in [2.75, 3.05) is 34.0 Å². The predicted octanol–water partition coefficient (Wildman–Crippen LogP) is 2.50. The van der Waals surface area contributed by atoms with Crippen LogP contribution in [0.2, 0.25) is 0 Å². The maximum Gasteiger partial charge on any atom is 0.340 e. The van der Waals surface area contributed by atoms with Gasteiger partial charge in [-0.1, -0.05) is 12.1 Å². The van der Waals surface area contributed by atoms with Crippen LogP contribution in [-0.2, 0) is 19.1 Å². The van der Waals surface area contributed by atoms with Crippen molar-refractivity contribution in [2.24, 2.45) is 0 Å². The molecule has 0 saturated heterocycles. The zero-order valence-corrected chi connectivity index (χ0v) is 16.1. The summed E-state index contributed by atoms with van der Waals surface area (Å²) < 4.78 is 15.3. The third-order valence-corrected chi connectivity index (χ3v) is 4.26. The van der Waals surface area contributed by atoms with E-state index in [1.165, 1.54) is 18.1 Å². The molecule has 0 fully saturated rings. The number of hydrogen-bond acceptors (Lipinski definition) is 6. The van der Waals surface area contributed by atoms with Gasteiger partial charge in [-0.3, -0.25) is 4.79 Å². The van der Waals surface area contributed by atoms with Gasteiger partial charge in [0.15, 0.2) is 11.5 Å². The summed E-state index contributed by atoms with van der Waals surface area (Å²) in [7, 11) is 2.86. The molecule has 0 spiro atoms. The van der Waals surface area contributed by atoms with Crippen LogP contribution in [0.15, 0.2) is 35.0 Å². The number of ether oxygens (including phenoxy) is 3. The van der Waals surface area contributed by atoms with Crippen molar-refractivity contribution < 1.29 is 28.9 Å². The highest BCUT2D eigenvalue weighted by atomic mass is 16.5. The zero-order valence-electron chi connectivity index (χ0n) is 16.1. The maximum atomic E-state index is 12.9. The van der Waals surface area contributed by atoms with Gasteiger partial charge < -0.3 is 24.2 Å². The molecular formula is C20H25NO6. The number of methoxy groups -OCH3 is 2. The molecule has 0 aliphatic carbocycles. The predicted molar refractivity (Wildman–Crippen MR) is 100 cm³/mol. The lowest BCUT2D eigenvalue weighted by atomic mass is 10.0. The van der Waals surface area contributed by atoms with E-state index in [1.807, 2.05) is 6.92 Å². The Morgan fingerprint density at radius 3 is 2.67 bits per heavy atom. The number of rotatable bonds is 8. The van der Waals surface area contributed by atoms with Crippen LogP contribution in [0.1, 0.15) is 25.8 Å². The normalized spacial score (nSPS) is 15.6. The molecule has 1 aliphatic heterocycles. The first-order chi connectivity index (χ1) is 13.0. The molecule has 146 valence electrons. The van der Waals surface area contributed by atoms with E-state index in [2.05, 4.69) is 0 Å². The highest BCUT2D eigenvalue weighted by molar-refractivity contribution is 6.16. The molecule has 1 aromatic rings. The first kappa shape index (κ1) is 20.5. The Morgan fingerprint density at radius 1 is 1.30 bits per heavy atom. The molecule has 0 bridgehead atoms. The number of carbonyl (C=O) groups is 2. The van der Waals surface area contributed by atoms with Gasteiger partial charge in [-0.15, -0.1) is 0 Å². The van der Waals surface area contributed by atoms with E-state index >= 15 is 0 Å². The van der Waals surface area contributed by atoms with Gasteiger partial charge in [0, 0.05) is 31.5 Å². The number of aromatic hydroxyl groups is 1. The van der Waals surface area contributed by atoms with Crippen molar-refractivity contribution in [1.82, 2.24) is 4.90 Å². The quantitative estimate of drug-likeness (QED) is 0.427. The van der Waals surface area contributed by atoms with Gasteiger partial charge in [-0.25, -0.2) is 4.79 Å². The Balaban J connectivity index is 2.47. The van der Waals surface area contributed by atoms with Crippen LogP contribution >= 0.6 is 0 Å². The molecule has 1 aromatic carbocycles. The van der Waals surface area contributed by atoms with Gasteiger partial charge >= 0.3 is 5.97 Å². The highest BCUT2D eigenvalue weighted by Gasteiger charge is 2.36. The summed E-state index contributed by atoms with van der Waals surface area (Å²) in [6.45, 7) is 4.83. The Labute approximate surface area is 158 Å². The number of phenolic OH excluding ortho intramolecular Hbond substituents is 1. The number of para-hydroxylation sites is 1. The van der Waals surface area contributed by atoms with E-state index in [0.717, 1.165) is 0 Å². The molecular weight excluding hydrogens is 350 g/mol. The summed E-state index contributed by atoms with van der Waals surface area (Å²) in [5.41, 5.74) is 1.29. The summed E-state index contributed by atoms with van der Waals surface area (Å²) in [4.78, 5) is 26.7. The van der Waals surface area contributed by atoms with Crippen molar-refractivity contribution in [1.29, 1.82) is 0 Å². The first-order valence-electron chi connectivity index (χ1n) is 8.73. The second-order valence-electron chi connectivity index (χ2n) is 5.94. The lowest BCUT2D eigenvalue weighted by Crippen LogP contribution is -2.26. The fourth-order valence-corrected chi connectivity index (χ4v) is 2.95. The van der Waals surface area contributed by atoms with Crippen molar-refractivity contribution in [3.05, 3.63) is 40.6 Å². The fraction of sp³-hybridized carbons (Fsp3) is 0.400. The van der Waals surface area contributed by atoms with Crippen LogP contribution in [0.3, 0.4) is 0 Å². The van der Waals surface area contributed by atoms with E-state index < -0.39 is 5.97 Å². The van der Waals surface area contributed by atoms with E-state index in [0.29, 0.717) is 43.2 Å². The first-order valence-corrected chi connectivity index (χ1v) is 8.73. The van der Waals surface area contributed by atoms with E-state index in [4.69, 9.17) is 14.2 Å². The van der Waals surface area contributed by atoms with Gasteiger partial charge in [0.25, 0.3) is 5.91 Å². The van der Waals surface area contributed by atoms with Gasteiger partial charge in [0.2, 0.25) is 0 Å². The SMILES string of the molecule is CCOc1cccc(/C=C2\C(=O)N(CCCOC)C(C)=C2C(=O)OC)c1O. The highest BCUT2D eigenvalue weighted by Crippen LogP contribution is 2.36. The van der Waals surface area contributed by atoms with Gasteiger partial charge in [-0.2, -0.15) is 0 Å². The lowest BCUT2D eigenvalue weighted by molar-refractivity contribution is -0.136. The topological polar surface area (TPSA) is 85.3 Å². The molecule has 1 amide bonds. The summed E-state index contributed by atoms with van der Waals surface area (Å²) in [5.74, 6) is -0.680. The van der Waals surface area contributed by atoms with Crippen LogP contribution in [-0.4, -0.2) is 55.9 Å². The molecule has 7 nitrogen and oxygen atoms in total. The Bertz CT molecular complexity index is 781. The molecule has 1 N–H and O–H groups in total. The maximum absolute atomic E-state index is 12.9. The average molecular weight is 375 g/mol. The summed E-state index contributed by atoms with van der Waals surface area (Å²) in [5, 5.41) is 10.4. The lowest BCUT2D eigenvalue weighted by Gasteiger charge is -2.17. The largest absolute Gasteiger partial charge is 0.504 e. The number of carbonyl (C=O) groups excluding carboxylic acids is 2. The fourth-order valence-electron chi connectivity index (χ4n) is 2.95. The second-order valence-corrected chi connectivity index (χ2v) is 5.94. The van der Waals surface area contributed by atoms with Crippen LogP contribution < -0.4 is 4.74 Å². The smallest absolute Gasteiger partial charge is 0.340 e. The molecule has 0 unspecified atom stereocenters. The molecule has 0 radical (unpaired) electrons. The number of hydrogen-bond donors (Lipinski definition) is 1. The van der Waals surface area contributed by atoms with E-state index in [1.54, 1.807) is 32.2 Å². The van der Waals surface area contributed by atoms with Crippen LogP contribution in [0.4, 0.5) is 0 Å². The van der Waals surface area contributed by atoms with Crippen molar-refractivity contribution in [3.63, 3.8) is 0 Å². The number of esters is 1. The average Bonchev–Trinajstić information content (AvgIpc) is 2.89. The number of nitrogens with zero attached hydrogens (tertiary/aromatic N) is 1. The Morgan fingerprint density at radius 2 is 2.04 bits per heavy atom. The minimum Gasteiger partial charge on any atom is -0.504 e. The third-order valence-electron chi connectivity index (χ3n) is 4.26. The molecule has 7 heteroatoms. The molecule has 1 aliphatic rings. The monoisotopic (exact) mass is 375 g/mol. The summed E-state index contributed by atoms with van der Waals surface area (Å²) in [6.07, 6.45) is 2.12. The Kier molecular flexibility index (Phi) is 7.01. The Hall–Kier alpha value is -2.80. The summed E-state index contributed by atoms with van der Waals surface area (Å²) in [6, 6.07) is 4.99. The van der Waals surface area contributed by atoms with Gasteiger partial charge in [-0.05, 0) is 32.4 Å². The van der Waals surface area contributed by atoms with E-state index in [-0.39, 0.29) is 22.8 Å². The van der Waals surface area contributed by atoms with Crippen LogP contribution in [0, 0.1) is 0 Å². The standard InChI is InChI=1S/C20H25NO6/c1-5-27-16-9-6-8-14(18(16)22)12-15-17(20(24)26-4)13(2)21(19(15)23)10-7-11-25-3/h6,8-9,12,22H,5,7,10-11H2,1-4H3/b15-12-. The second kappa shape index (κ2) is 9.23. The van der Waals surface area contributed by atoms with Crippen LogP contribution in [0.25, 0.3) is 6.08 Å². The van der Waals surface area contributed by atoms with Crippen molar-refractivity contribution >= 4 is 18.0 Å². The van der Waals surface area contributed by atoms with Gasteiger partial charge in [0.05, 0.1) is 24.9 Å².